The van der Waals surface area contributed by atoms with Gasteiger partial charge in [0.05, 0.1) is 11.8 Å². The van der Waals surface area contributed by atoms with E-state index in [0.717, 1.165) is 32.5 Å². The molecule has 1 aromatic carbocycles. The molecule has 0 aliphatic carbocycles. The van der Waals surface area contributed by atoms with Gasteiger partial charge in [0.15, 0.2) is 0 Å². The van der Waals surface area contributed by atoms with Gasteiger partial charge in [-0.2, -0.15) is 0 Å². The number of amides is 1. The van der Waals surface area contributed by atoms with Crippen molar-refractivity contribution in [2.75, 3.05) is 31.6 Å². The van der Waals surface area contributed by atoms with Crippen LogP contribution in [0.2, 0.25) is 5.02 Å². The van der Waals surface area contributed by atoms with Gasteiger partial charge in [0.1, 0.15) is 12.4 Å². The summed E-state index contributed by atoms with van der Waals surface area (Å²) in [5.41, 5.74) is 0.634. The Labute approximate surface area is 160 Å². The lowest BCUT2D eigenvalue weighted by Gasteiger charge is -2.28. The van der Waals surface area contributed by atoms with Crippen molar-refractivity contribution in [3.63, 3.8) is 0 Å². The van der Waals surface area contributed by atoms with E-state index in [1.54, 1.807) is 18.2 Å². The van der Waals surface area contributed by atoms with Crippen molar-refractivity contribution in [2.45, 2.75) is 45.1 Å². The maximum atomic E-state index is 12.5. The minimum atomic E-state index is 0.00677. The van der Waals surface area contributed by atoms with Crippen LogP contribution in [0, 0.1) is 11.8 Å². The topological polar surface area (TPSA) is 59.6 Å². The molecule has 2 N–H and O–H groups in total. The van der Waals surface area contributed by atoms with Gasteiger partial charge in [-0.25, -0.2) is 0 Å². The van der Waals surface area contributed by atoms with Crippen LogP contribution in [-0.4, -0.2) is 38.3 Å². The number of benzene rings is 1. The van der Waals surface area contributed by atoms with Gasteiger partial charge >= 0.3 is 0 Å². The highest BCUT2D eigenvalue weighted by molar-refractivity contribution is 6.31. The number of hydrogen-bond donors (Lipinski definition) is 2. The standard InChI is InChI=1S/C20H29ClN2O3/c1-14(15-4-2-8-22-12-15)10-20(24)23-18-11-16(21)6-7-19(18)26-13-17-5-3-9-25-17/h6-7,11,14-15,17,22H,2-5,8-10,12-13H2,1H3,(H,23,24). The Hall–Kier alpha value is -1.30. The average Bonchev–Trinajstić information content (AvgIpc) is 3.15. The van der Waals surface area contributed by atoms with Gasteiger partial charge in [-0.05, 0) is 68.8 Å². The normalized spacial score (nSPS) is 24.2. The Kier molecular flexibility index (Phi) is 7.17. The Bertz CT molecular complexity index is 599. The summed E-state index contributed by atoms with van der Waals surface area (Å²) >= 11 is 6.12. The summed E-state index contributed by atoms with van der Waals surface area (Å²) < 4.78 is 11.5. The Morgan fingerprint density at radius 2 is 2.31 bits per heavy atom. The van der Waals surface area contributed by atoms with Crippen molar-refractivity contribution >= 4 is 23.2 Å². The molecule has 2 aliphatic rings. The number of piperidine rings is 1. The smallest absolute Gasteiger partial charge is 0.224 e. The van der Waals surface area contributed by atoms with E-state index >= 15 is 0 Å². The molecular formula is C20H29ClN2O3. The molecule has 3 rings (SSSR count). The maximum Gasteiger partial charge on any atom is 0.224 e. The highest BCUT2D eigenvalue weighted by Gasteiger charge is 2.23. The number of halogens is 1. The number of ether oxygens (including phenoxy) is 2. The maximum absolute atomic E-state index is 12.5. The third kappa shape index (κ3) is 5.60. The monoisotopic (exact) mass is 380 g/mol. The highest BCUT2D eigenvalue weighted by Crippen LogP contribution is 2.30. The molecule has 0 aromatic heterocycles. The van der Waals surface area contributed by atoms with Crippen molar-refractivity contribution in [1.82, 2.24) is 5.32 Å². The Morgan fingerprint density at radius 1 is 1.42 bits per heavy atom. The molecule has 0 bridgehead atoms. The minimum absolute atomic E-state index is 0.00677. The molecule has 1 aromatic rings. The van der Waals surface area contributed by atoms with E-state index in [2.05, 4.69) is 17.6 Å². The van der Waals surface area contributed by atoms with Crippen LogP contribution in [0.3, 0.4) is 0 Å². The van der Waals surface area contributed by atoms with Crippen LogP contribution in [0.4, 0.5) is 5.69 Å². The predicted molar refractivity (Wildman–Crippen MR) is 104 cm³/mol. The zero-order valence-electron chi connectivity index (χ0n) is 15.4. The van der Waals surface area contributed by atoms with Crippen molar-refractivity contribution < 1.29 is 14.3 Å². The zero-order valence-corrected chi connectivity index (χ0v) is 16.2. The lowest BCUT2D eigenvalue weighted by molar-refractivity contribution is -0.117. The molecular weight excluding hydrogens is 352 g/mol. The third-order valence-corrected chi connectivity index (χ3v) is 5.55. The van der Waals surface area contributed by atoms with Gasteiger partial charge in [-0.3, -0.25) is 4.79 Å². The molecule has 0 saturated carbocycles. The van der Waals surface area contributed by atoms with Gasteiger partial charge in [0.2, 0.25) is 5.91 Å². The average molecular weight is 381 g/mol. The van der Waals surface area contributed by atoms with Gasteiger partial charge in [0, 0.05) is 18.1 Å². The van der Waals surface area contributed by atoms with E-state index in [0.29, 0.717) is 41.3 Å². The minimum Gasteiger partial charge on any atom is -0.489 e. The molecule has 6 heteroatoms. The fourth-order valence-corrected chi connectivity index (χ4v) is 3.88. The summed E-state index contributed by atoms with van der Waals surface area (Å²) in [5, 5.41) is 6.98. The summed E-state index contributed by atoms with van der Waals surface area (Å²) in [6, 6.07) is 5.33. The summed E-state index contributed by atoms with van der Waals surface area (Å²) in [6.45, 7) is 5.54. The van der Waals surface area contributed by atoms with Gasteiger partial charge < -0.3 is 20.1 Å². The summed E-state index contributed by atoms with van der Waals surface area (Å²) in [6.07, 6.45) is 5.10. The van der Waals surface area contributed by atoms with Crippen LogP contribution < -0.4 is 15.4 Å². The predicted octanol–water partition coefficient (Wildman–Crippen LogP) is 3.86. The molecule has 5 nitrogen and oxygen atoms in total. The molecule has 3 atom stereocenters. The van der Waals surface area contributed by atoms with Crippen LogP contribution in [0.5, 0.6) is 5.75 Å². The van der Waals surface area contributed by atoms with Crippen molar-refractivity contribution in [3.8, 4) is 5.75 Å². The third-order valence-electron chi connectivity index (χ3n) is 5.31. The second-order valence-corrected chi connectivity index (χ2v) is 7.86. The fourth-order valence-electron chi connectivity index (χ4n) is 3.71. The molecule has 1 amide bonds. The van der Waals surface area contributed by atoms with Gasteiger partial charge in [-0.15, -0.1) is 0 Å². The van der Waals surface area contributed by atoms with Crippen molar-refractivity contribution in [2.24, 2.45) is 11.8 Å². The molecule has 144 valence electrons. The molecule has 0 spiro atoms. The molecule has 26 heavy (non-hydrogen) atoms. The molecule has 3 unspecified atom stereocenters. The number of carbonyl (C=O) groups excluding carboxylic acids is 1. The largest absolute Gasteiger partial charge is 0.489 e. The Morgan fingerprint density at radius 3 is 3.04 bits per heavy atom. The number of nitrogens with one attached hydrogen (secondary N) is 2. The number of carbonyl (C=O) groups is 1. The summed E-state index contributed by atoms with van der Waals surface area (Å²) in [7, 11) is 0. The van der Waals surface area contributed by atoms with Crippen LogP contribution in [-0.2, 0) is 9.53 Å². The second-order valence-electron chi connectivity index (χ2n) is 7.42. The molecule has 2 heterocycles. The van der Waals surface area contributed by atoms with Crippen molar-refractivity contribution in [3.05, 3.63) is 23.2 Å². The van der Waals surface area contributed by atoms with E-state index in [9.17, 15) is 4.79 Å². The van der Waals surface area contributed by atoms with E-state index in [4.69, 9.17) is 21.1 Å². The van der Waals surface area contributed by atoms with Crippen LogP contribution in [0.1, 0.15) is 39.0 Å². The number of hydrogen-bond acceptors (Lipinski definition) is 4. The van der Waals surface area contributed by atoms with Crippen LogP contribution >= 0.6 is 11.6 Å². The lowest BCUT2D eigenvalue weighted by Crippen LogP contribution is -2.34. The SMILES string of the molecule is CC(CC(=O)Nc1cc(Cl)ccc1OCC1CCCO1)C1CCCNC1. The first-order chi connectivity index (χ1) is 12.6. The molecule has 0 radical (unpaired) electrons. The van der Waals surface area contributed by atoms with Gasteiger partial charge in [-0.1, -0.05) is 18.5 Å². The Balaban J connectivity index is 1.56. The van der Waals surface area contributed by atoms with E-state index in [1.165, 1.54) is 12.8 Å². The van der Waals surface area contributed by atoms with Crippen molar-refractivity contribution in [1.29, 1.82) is 0 Å². The lowest BCUT2D eigenvalue weighted by atomic mass is 9.85. The first kappa shape index (κ1) is 19.5. The number of anilines is 1. The molecule has 2 fully saturated rings. The fraction of sp³-hybridized carbons (Fsp3) is 0.650. The van der Waals surface area contributed by atoms with E-state index in [-0.39, 0.29) is 12.0 Å². The van der Waals surface area contributed by atoms with Crippen LogP contribution in [0.25, 0.3) is 0 Å². The summed E-state index contributed by atoms with van der Waals surface area (Å²) in [5.74, 6) is 1.56. The molecule has 2 aliphatic heterocycles. The zero-order chi connectivity index (χ0) is 18.4. The molecule has 2 saturated heterocycles. The first-order valence-electron chi connectivity index (χ1n) is 9.66. The van der Waals surface area contributed by atoms with E-state index < -0.39 is 0 Å². The van der Waals surface area contributed by atoms with Gasteiger partial charge in [0.25, 0.3) is 0 Å². The second kappa shape index (κ2) is 9.58. The first-order valence-corrected chi connectivity index (χ1v) is 10.0. The summed E-state index contributed by atoms with van der Waals surface area (Å²) in [4.78, 5) is 12.5. The quantitative estimate of drug-likeness (QED) is 0.754. The van der Waals surface area contributed by atoms with Crippen LogP contribution in [0.15, 0.2) is 18.2 Å². The highest BCUT2D eigenvalue weighted by atomic mass is 35.5. The van der Waals surface area contributed by atoms with E-state index in [1.807, 2.05) is 0 Å². The number of rotatable bonds is 7.